The smallest absolute Gasteiger partial charge is 0.303 e. The highest BCUT2D eigenvalue weighted by molar-refractivity contribution is 5.85. The third-order valence-corrected chi connectivity index (χ3v) is 2.35. The molecule has 1 fully saturated rings. The summed E-state index contributed by atoms with van der Waals surface area (Å²) in [5, 5.41) is 8.41. The average Bonchev–Trinajstić information content (AvgIpc) is 2.31. The lowest BCUT2D eigenvalue weighted by Gasteiger charge is -2.05. The molecule has 0 aromatic rings. The van der Waals surface area contributed by atoms with Crippen molar-refractivity contribution in [3.63, 3.8) is 0 Å². The summed E-state index contributed by atoms with van der Waals surface area (Å²) in [6.45, 7) is 0. The number of carboxylic acid groups (broad SMARTS) is 1. The lowest BCUT2D eigenvalue weighted by atomic mass is 10.0. The molecule has 1 aliphatic rings. The molecule has 1 rings (SSSR count). The zero-order valence-electron chi connectivity index (χ0n) is 7.03. The molecule has 0 heterocycles. The number of carboxylic acids is 1. The van der Waals surface area contributed by atoms with Crippen LogP contribution in [0.4, 0.5) is 0 Å². The van der Waals surface area contributed by atoms with Gasteiger partial charge in [0.05, 0.1) is 0 Å². The Bertz CT molecular complexity index is 152. The topological polar surface area (TPSA) is 63.3 Å². The molecule has 0 aromatic heterocycles. The zero-order valence-corrected chi connectivity index (χ0v) is 7.85. The third kappa shape index (κ3) is 3.93. The summed E-state index contributed by atoms with van der Waals surface area (Å²) in [5.41, 5.74) is 5.68. The van der Waals surface area contributed by atoms with E-state index in [1.54, 1.807) is 0 Å². The molecule has 2 atom stereocenters. The quantitative estimate of drug-likeness (QED) is 0.712. The first-order valence-corrected chi connectivity index (χ1v) is 4.16. The van der Waals surface area contributed by atoms with Gasteiger partial charge in [0, 0.05) is 12.5 Å². The van der Waals surface area contributed by atoms with Gasteiger partial charge in [-0.25, -0.2) is 0 Å². The van der Waals surface area contributed by atoms with Crippen molar-refractivity contribution in [2.45, 2.75) is 38.1 Å². The molecule has 1 saturated carbocycles. The molecule has 0 aliphatic heterocycles. The second kappa shape index (κ2) is 5.38. The van der Waals surface area contributed by atoms with E-state index in [-0.39, 0.29) is 12.4 Å². The molecule has 1 aliphatic carbocycles. The van der Waals surface area contributed by atoms with E-state index >= 15 is 0 Å². The molecule has 3 nitrogen and oxygen atoms in total. The predicted octanol–water partition coefficient (Wildman–Crippen LogP) is 1.40. The van der Waals surface area contributed by atoms with E-state index in [1.165, 1.54) is 0 Å². The average molecular weight is 194 g/mol. The highest BCUT2D eigenvalue weighted by Gasteiger charge is 2.21. The number of nitrogens with two attached hydrogens (primary N) is 1. The molecule has 0 bridgehead atoms. The Kier molecular flexibility index (Phi) is 5.25. The number of halogens is 1. The van der Waals surface area contributed by atoms with Crippen LogP contribution < -0.4 is 5.73 Å². The Labute approximate surface area is 78.7 Å². The summed E-state index contributed by atoms with van der Waals surface area (Å²) >= 11 is 0. The molecular formula is C8H16ClNO2. The first kappa shape index (κ1) is 11.7. The second-order valence-corrected chi connectivity index (χ2v) is 3.37. The molecule has 0 aromatic carbocycles. The van der Waals surface area contributed by atoms with Crippen LogP contribution in [0.25, 0.3) is 0 Å². The van der Waals surface area contributed by atoms with Gasteiger partial charge in [-0.3, -0.25) is 4.79 Å². The van der Waals surface area contributed by atoms with Crippen LogP contribution in [-0.2, 0) is 4.79 Å². The molecular weight excluding hydrogens is 178 g/mol. The highest BCUT2D eigenvalue weighted by Crippen LogP contribution is 2.27. The van der Waals surface area contributed by atoms with Gasteiger partial charge in [0.15, 0.2) is 0 Å². The van der Waals surface area contributed by atoms with Crippen LogP contribution in [0.5, 0.6) is 0 Å². The van der Waals surface area contributed by atoms with Crippen LogP contribution in [0.15, 0.2) is 0 Å². The Balaban J connectivity index is 0.00000121. The van der Waals surface area contributed by atoms with Crippen molar-refractivity contribution in [1.82, 2.24) is 0 Å². The molecule has 0 radical (unpaired) electrons. The zero-order chi connectivity index (χ0) is 8.27. The lowest BCUT2D eigenvalue weighted by molar-refractivity contribution is -0.137. The Morgan fingerprint density at radius 1 is 1.50 bits per heavy atom. The van der Waals surface area contributed by atoms with Gasteiger partial charge in [0.25, 0.3) is 0 Å². The third-order valence-electron chi connectivity index (χ3n) is 2.35. The summed E-state index contributed by atoms with van der Waals surface area (Å²) in [7, 11) is 0. The molecule has 0 amide bonds. The van der Waals surface area contributed by atoms with E-state index < -0.39 is 5.97 Å². The van der Waals surface area contributed by atoms with E-state index in [1.807, 2.05) is 0 Å². The fraction of sp³-hybridized carbons (Fsp3) is 0.875. The Morgan fingerprint density at radius 2 is 2.17 bits per heavy atom. The van der Waals surface area contributed by atoms with E-state index in [0.717, 1.165) is 25.7 Å². The van der Waals surface area contributed by atoms with Gasteiger partial charge in [-0.2, -0.15) is 0 Å². The van der Waals surface area contributed by atoms with Gasteiger partial charge in [0.1, 0.15) is 0 Å². The van der Waals surface area contributed by atoms with Crippen molar-refractivity contribution >= 4 is 18.4 Å². The fourth-order valence-electron chi connectivity index (χ4n) is 1.70. The summed E-state index contributed by atoms with van der Waals surface area (Å²) in [5.74, 6) is -0.119. The molecule has 2 unspecified atom stereocenters. The number of hydrogen-bond acceptors (Lipinski definition) is 2. The van der Waals surface area contributed by atoms with Gasteiger partial charge in [-0.1, -0.05) is 0 Å². The van der Waals surface area contributed by atoms with Crippen molar-refractivity contribution in [1.29, 1.82) is 0 Å². The van der Waals surface area contributed by atoms with Gasteiger partial charge < -0.3 is 10.8 Å². The van der Waals surface area contributed by atoms with Gasteiger partial charge in [-0.15, -0.1) is 12.4 Å². The van der Waals surface area contributed by atoms with Crippen molar-refractivity contribution in [2.75, 3.05) is 0 Å². The van der Waals surface area contributed by atoms with E-state index in [4.69, 9.17) is 10.8 Å². The van der Waals surface area contributed by atoms with Gasteiger partial charge in [-0.05, 0) is 31.6 Å². The van der Waals surface area contributed by atoms with Crippen LogP contribution in [-0.4, -0.2) is 17.1 Å². The van der Waals surface area contributed by atoms with Crippen molar-refractivity contribution in [3.05, 3.63) is 0 Å². The maximum Gasteiger partial charge on any atom is 0.303 e. The maximum absolute atomic E-state index is 10.2. The molecule has 72 valence electrons. The number of aliphatic carboxylic acids is 1. The van der Waals surface area contributed by atoms with Crippen LogP contribution in [0, 0.1) is 5.92 Å². The highest BCUT2D eigenvalue weighted by atomic mass is 35.5. The van der Waals surface area contributed by atoms with Crippen molar-refractivity contribution in [2.24, 2.45) is 11.7 Å². The van der Waals surface area contributed by atoms with Crippen LogP contribution in [0.3, 0.4) is 0 Å². The largest absolute Gasteiger partial charge is 0.481 e. The lowest BCUT2D eigenvalue weighted by Crippen LogP contribution is -2.14. The summed E-state index contributed by atoms with van der Waals surface area (Å²) in [6, 6.07) is 0.328. The SMILES string of the molecule is Cl.NC1CCC(CCC(=O)O)C1. The first-order valence-electron chi connectivity index (χ1n) is 4.16. The number of rotatable bonds is 3. The summed E-state index contributed by atoms with van der Waals surface area (Å²) < 4.78 is 0. The molecule has 0 saturated heterocycles. The number of carbonyl (C=O) groups is 1. The van der Waals surface area contributed by atoms with E-state index in [2.05, 4.69) is 0 Å². The van der Waals surface area contributed by atoms with Crippen LogP contribution in [0.1, 0.15) is 32.1 Å². The Morgan fingerprint density at radius 3 is 2.58 bits per heavy atom. The van der Waals surface area contributed by atoms with Crippen molar-refractivity contribution < 1.29 is 9.90 Å². The predicted molar refractivity (Wildman–Crippen MR) is 49.4 cm³/mol. The first-order chi connectivity index (χ1) is 5.18. The minimum absolute atomic E-state index is 0. The van der Waals surface area contributed by atoms with E-state index in [0.29, 0.717) is 18.4 Å². The Hall–Kier alpha value is -0.280. The van der Waals surface area contributed by atoms with Crippen LogP contribution >= 0.6 is 12.4 Å². The number of hydrogen-bond donors (Lipinski definition) is 2. The molecule has 0 spiro atoms. The summed E-state index contributed by atoms with van der Waals surface area (Å²) in [4.78, 5) is 10.2. The molecule has 12 heavy (non-hydrogen) atoms. The minimum atomic E-state index is -0.689. The van der Waals surface area contributed by atoms with E-state index in [9.17, 15) is 4.79 Å². The van der Waals surface area contributed by atoms with Crippen molar-refractivity contribution in [3.8, 4) is 0 Å². The minimum Gasteiger partial charge on any atom is -0.481 e. The maximum atomic E-state index is 10.2. The van der Waals surface area contributed by atoms with Crippen LogP contribution in [0.2, 0.25) is 0 Å². The normalized spacial score (nSPS) is 28.1. The molecule has 3 N–H and O–H groups in total. The second-order valence-electron chi connectivity index (χ2n) is 3.37. The summed E-state index contributed by atoms with van der Waals surface area (Å²) in [6.07, 6.45) is 4.33. The van der Waals surface area contributed by atoms with Gasteiger partial charge in [0.2, 0.25) is 0 Å². The monoisotopic (exact) mass is 193 g/mol. The van der Waals surface area contributed by atoms with Gasteiger partial charge >= 0.3 is 5.97 Å². The fourth-order valence-corrected chi connectivity index (χ4v) is 1.70. The molecule has 4 heteroatoms. The standard InChI is InChI=1S/C8H15NO2.ClH/c9-7-3-1-6(5-7)2-4-8(10)11;/h6-7H,1-5,9H2,(H,10,11);1H.